The fourth-order valence-electron chi connectivity index (χ4n) is 5.67. The predicted molar refractivity (Wildman–Crippen MR) is 237 cm³/mol. The number of likely N-dealkylation sites (N-methyl/N-ethyl adjacent to an activating group) is 1. The molecule has 0 radical (unpaired) electrons. The average molecular weight is 844 g/mol. The highest BCUT2D eigenvalue weighted by Gasteiger charge is 2.46. The Kier molecular flexibility index (Phi) is 44.4. The minimum absolute atomic E-state index is 0. The molecule has 16 heteroatoms. The number of nitrogens with zero attached hydrogens (tertiary/aromatic N) is 1. The van der Waals surface area contributed by atoms with Crippen LogP contribution in [0.25, 0.3) is 0 Å². The first-order valence-electron chi connectivity index (χ1n) is 16.6. The van der Waals surface area contributed by atoms with Crippen molar-refractivity contribution in [3.8, 4) is 0 Å². The lowest BCUT2D eigenvalue weighted by Gasteiger charge is -2.51. The van der Waals surface area contributed by atoms with Gasteiger partial charge in [-0.05, 0) is 66.3 Å². The maximum absolute atomic E-state index is 12.9. The molecule has 0 bridgehead atoms. The van der Waals surface area contributed by atoms with Gasteiger partial charge in [-0.25, -0.2) is 9.59 Å². The average Bonchev–Trinajstić information content (AvgIpc) is 2.94. The summed E-state index contributed by atoms with van der Waals surface area (Å²) in [5.74, 6) is -4.89. The van der Waals surface area contributed by atoms with E-state index in [4.69, 9.17) is 14.2 Å². The van der Waals surface area contributed by atoms with Crippen LogP contribution in [-0.4, -0.2) is 107 Å². The van der Waals surface area contributed by atoms with E-state index in [9.17, 15) is 38.8 Å². The minimum atomic E-state index is -1.15. The fourth-order valence-corrected chi connectivity index (χ4v) is 5.67. The Morgan fingerprint density at radius 3 is 1.36 bits per heavy atom. The van der Waals surface area contributed by atoms with Crippen molar-refractivity contribution in [3.05, 3.63) is 0 Å². The summed E-state index contributed by atoms with van der Waals surface area (Å²) >= 11 is 0. The number of ether oxygens (including phenoxy) is 3. The van der Waals surface area contributed by atoms with Gasteiger partial charge < -0.3 is 40.7 Å². The summed E-state index contributed by atoms with van der Waals surface area (Å²) in [4.78, 5) is 86.8. The van der Waals surface area contributed by atoms with Crippen molar-refractivity contribution < 1.29 is 53.0 Å². The Labute approximate surface area is 355 Å². The first-order valence-corrected chi connectivity index (χ1v) is 16.6. The molecule has 0 spiro atoms. The molecule has 1 rings (SSSR count). The lowest BCUT2D eigenvalue weighted by atomic mass is 9.80. The van der Waals surface area contributed by atoms with Gasteiger partial charge in [-0.2, -0.15) is 5.06 Å². The van der Waals surface area contributed by atoms with Crippen LogP contribution in [0, 0.1) is 11.8 Å². The van der Waals surface area contributed by atoms with Gasteiger partial charge in [0.15, 0.2) is 0 Å². The van der Waals surface area contributed by atoms with Gasteiger partial charge in [-0.15, -0.1) is 0 Å². The molecule has 1 saturated heterocycles. The molecular formula is C42H93N5O11. The fraction of sp³-hybridized carbons (Fsp3) is 0.833. The van der Waals surface area contributed by atoms with Crippen molar-refractivity contribution in [3.63, 3.8) is 0 Å². The van der Waals surface area contributed by atoms with E-state index >= 15 is 0 Å². The number of hydroxylamine groups is 2. The lowest BCUT2D eigenvalue weighted by molar-refractivity contribution is -0.259. The second-order valence-electron chi connectivity index (χ2n) is 14.6. The number of carbonyl (C=O) groups excluding carboxylic acids is 7. The minimum Gasteiger partial charge on any atom is -0.461 e. The van der Waals surface area contributed by atoms with Gasteiger partial charge in [0, 0.05) is 30.5 Å². The summed E-state index contributed by atoms with van der Waals surface area (Å²) in [6, 6.07) is -3.11. The van der Waals surface area contributed by atoms with Gasteiger partial charge in [-0.1, -0.05) is 94.5 Å². The SMILES string of the molecule is C.C.C.C.C.C.C.C.C.CNC(CNC(=O)CC(=O)NC(CC(C)C)C(=O)OCOC(=O)C(CC(C)C)NC(=O)CC(C)=O)C(=O)OC1CC(C)(C)N(O)C(C)(C)C1. The van der Waals surface area contributed by atoms with Crippen LogP contribution in [0.3, 0.4) is 0 Å². The number of esters is 3. The van der Waals surface area contributed by atoms with E-state index in [0.717, 1.165) is 0 Å². The van der Waals surface area contributed by atoms with Crippen LogP contribution in [0.1, 0.15) is 168 Å². The van der Waals surface area contributed by atoms with E-state index in [0.29, 0.717) is 12.8 Å². The molecule has 3 unspecified atom stereocenters. The summed E-state index contributed by atoms with van der Waals surface area (Å²) < 4.78 is 15.8. The topological polar surface area (TPSA) is 219 Å². The van der Waals surface area contributed by atoms with E-state index in [2.05, 4.69) is 21.3 Å². The van der Waals surface area contributed by atoms with Crippen LogP contribution in [0.2, 0.25) is 0 Å². The molecule has 58 heavy (non-hydrogen) atoms. The second-order valence-corrected chi connectivity index (χ2v) is 14.6. The molecular weight excluding hydrogens is 750 g/mol. The number of Topliss-reactive ketones (excluding diaryl/α,β-unsaturated/α-hetero) is 1. The first kappa shape index (κ1) is 75.2. The van der Waals surface area contributed by atoms with Crippen LogP contribution >= 0.6 is 0 Å². The molecule has 3 atom stereocenters. The van der Waals surface area contributed by atoms with E-state index in [1.54, 1.807) is 0 Å². The number of rotatable bonds is 19. The van der Waals surface area contributed by atoms with Crippen molar-refractivity contribution in [1.82, 2.24) is 26.3 Å². The van der Waals surface area contributed by atoms with Crippen molar-refractivity contribution in [2.45, 2.75) is 203 Å². The molecule has 0 aliphatic carbocycles. The number of hydrogen-bond donors (Lipinski definition) is 5. The molecule has 16 nitrogen and oxygen atoms in total. The van der Waals surface area contributed by atoms with Gasteiger partial charge in [0.25, 0.3) is 0 Å². The van der Waals surface area contributed by atoms with Gasteiger partial charge in [-0.3, -0.25) is 24.0 Å². The molecule has 0 saturated carbocycles. The molecule has 3 amide bonds. The standard InChI is InChI=1S/C33H57N5O11.9CH4/c1-19(2)11-23(36-27(41)13-21(5)39)29(43)47-18-48-30(44)24(12-20(3)4)37-28(42)14-26(40)35-17-25(34-10)31(45)49-22-15-32(6,7)38(46)33(8,9)16-22;;;;;;;;;/h19-20,22-25,34,46H,11-18H2,1-10H3,(H,35,40)(H,36,41)(H,37,42);9*1H4. The van der Waals surface area contributed by atoms with Crippen molar-refractivity contribution >= 4 is 41.4 Å². The third kappa shape index (κ3) is 27.1. The first-order chi connectivity index (χ1) is 22.6. The second kappa shape index (κ2) is 34.3. The van der Waals surface area contributed by atoms with Gasteiger partial charge in [0.05, 0.1) is 6.42 Å². The Hall–Kier alpha value is -3.63. The Balaban J connectivity index is -0.000000381. The Morgan fingerprint density at radius 1 is 0.638 bits per heavy atom. The zero-order valence-corrected chi connectivity index (χ0v) is 30.6. The van der Waals surface area contributed by atoms with Gasteiger partial charge >= 0.3 is 17.9 Å². The summed E-state index contributed by atoms with van der Waals surface area (Å²) in [6.07, 6.45) is -0.297. The maximum Gasteiger partial charge on any atom is 0.331 e. The van der Waals surface area contributed by atoms with E-state index in [1.165, 1.54) is 19.0 Å². The van der Waals surface area contributed by atoms with Crippen LogP contribution in [0.4, 0.5) is 0 Å². The van der Waals surface area contributed by atoms with Crippen LogP contribution < -0.4 is 21.3 Å². The van der Waals surface area contributed by atoms with Crippen LogP contribution in [0.15, 0.2) is 0 Å². The summed E-state index contributed by atoms with van der Waals surface area (Å²) in [5, 5.41) is 22.0. The zero-order chi connectivity index (χ0) is 37.7. The molecule has 1 heterocycles. The van der Waals surface area contributed by atoms with Gasteiger partial charge in [0.2, 0.25) is 24.5 Å². The molecule has 1 aliphatic rings. The van der Waals surface area contributed by atoms with Gasteiger partial charge in [0.1, 0.15) is 36.4 Å². The third-order valence-corrected chi connectivity index (χ3v) is 7.81. The monoisotopic (exact) mass is 844 g/mol. The highest BCUT2D eigenvalue weighted by Crippen LogP contribution is 2.38. The van der Waals surface area contributed by atoms with E-state index in [-0.39, 0.29) is 104 Å². The molecule has 0 aromatic heterocycles. The number of amides is 3. The normalized spacial score (nSPS) is 15.0. The maximum atomic E-state index is 12.9. The van der Waals surface area contributed by atoms with Crippen molar-refractivity contribution in [1.29, 1.82) is 0 Å². The molecule has 0 aromatic rings. The highest BCUT2D eigenvalue weighted by atomic mass is 16.7. The summed E-state index contributed by atoms with van der Waals surface area (Å²) in [7, 11) is 1.53. The third-order valence-electron chi connectivity index (χ3n) is 7.81. The van der Waals surface area contributed by atoms with E-state index < -0.39 is 90.6 Å². The highest BCUT2D eigenvalue weighted by molar-refractivity contribution is 5.99. The summed E-state index contributed by atoms with van der Waals surface area (Å²) in [6.45, 7) is 15.0. The number of piperidine rings is 1. The molecule has 5 N–H and O–H groups in total. The van der Waals surface area contributed by atoms with Crippen molar-refractivity contribution in [2.24, 2.45) is 11.8 Å². The van der Waals surface area contributed by atoms with E-state index in [1.807, 2.05) is 55.4 Å². The Bertz CT molecular complexity index is 1170. The predicted octanol–water partition coefficient (Wildman–Crippen LogP) is 6.84. The largest absolute Gasteiger partial charge is 0.461 e. The number of nitrogens with one attached hydrogen (secondary N) is 4. The molecule has 1 fully saturated rings. The van der Waals surface area contributed by atoms with Crippen LogP contribution in [-0.2, 0) is 47.8 Å². The zero-order valence-electron chi connectivity index (χ0n) is 30.6. The number of hydrogen-bond acceptors (Lipinski definition) is 13. The number of carbonyl (C=O) groups is 7. The van der Waals surface area contributed by atoms with Crippen LogP contribution in [0.5, 0.6) is 0 Å². The van der Waals surface area contributed by atoms with Crippen molar-refractivity contribution in [2.75, 3.05) is 20.4 Å². The quantitative estimate of drug-likeness (QED) is 0.0512. The lowest BCUT2D eigenvalue weighted by Crippen LogP contribution is -2.61. The molecule has 1 aliphatic heterocycles. The summed E-state index contributed by atoms with van der Waals surface area (Å²) in [5.41, 5.74) is -1.25. The molecule has 0 aromatic carbocycles. The number of ketones is 1. The molecule has 352 valence electrons. The Morgan fingerprint density at radius 2 is 1.02 bits per heavy atom. The smallest absolute Gasteiger partial charge is 0.331 e.